The monoisotopic (exact) mass is 339 g/mol. The third-order valence-electron chi connectivity index (χ3n) is 3.29. The Morgan fingerprint density at radius 2 is 2.00 bits per heavy atom. The maximum atomic E-state index is 12.0. The number of carbonyl (C=O) groups excluding carboxylic acids is 1. The summed E-state index contributed by atoms with van der Waals surface area (Å²) in [5, 5.41) is 5.47. The van der Waals surface area contributed by atoms with Crippen LogP contribution in [0.15, 0.2) is 35.7 Å². The lowest BCUT2D eigenvalue weighted by Crippen LogP contribution is -2.41. The van der Waals surface area contributed by atoms with Gasteiger partial charge in [-0.2, -0.15) is 0 Å². The summed E-state index contributed by atoms with van der Waals surface area (Å²) in [6.45, 7) is 3.40. The molecule has 1 amide bonds. The first-order valence-electron chi connectivity index (χ1n) is 6.92. The molecular formula is C15H18ClN3O2S. The third kappa shape index (κ3) is 4.51. The zero-order chi connectivity index (χ0) is 14.5. The summed E-state index contributed by atoms with van der Waals surface area (Å²) in [7, 11) is 0. The lowest BCUT2D eigenvalue weighted by Gasteiger charge is -2.25. The standard InChI is InChI=1S/C15H17N3O2S.ClH/c19-14(10-18-6-8-20-9-7-18)17-15-16-13(11-21-15)12-4-2-1-3-5-12;/h1-5,11H,6-10H2,(H,16,17,19);1H. The van der Waals surface area contributed by atoms with Crippen molar-refractivity contribution in [2.24, 2.45) is 0 Å². The molecule has 2 aromatic rings. The van der Waals surface area contributed by atoms with Crippen LogP contribution in [0.4, 0.5) is 5.13 Å². The quantitative estimate of drug-likeness (QED) is 0.930. The highest BCUT2D eigenvalue weighted by molar-refractivity contribution is 7.14. The lowest BCUT2D eigenvalue weighted by molar-refractivity contribution is -0.118. The minimum absolute atomic E-state index is 0. The smallest absolute Gasteiger partial charge is 0.240 e. The van der Waals surface area contributed by atoms with E-state index in [1.54, 1.807) is 0 Å². The molecular weight excluding hydrogens is 322 g/mol. The van der Waals surface area contributed by atoms with Gasteiger partial charge < -0.3 is 10.1 Å². The molecule has 1 aromatic carbocycles. The van der Waals surface area contributed by atoms with E-state index >= 15 is 0 Å². The summed E-state index contributed by atoms with van der Waals surface area (Å²) < 4.78 is 5.27. The minimum Gasteiger partial charge on any atom is -0.379 e. The van der Waals surface area contributed by atoms with Crippen molar-refractivity contribution in [2.75, 3.05) is 38.2 Å². The largest absolute Gasteiger partial charge is 0.379 e. The predicted molar refractivity (Wildman–Crippen MR) is 90.7 cm³/mol. The molecule has 1 aliphatic rings. The van der Waals surface area contributed by atoms with Gasteiger partial charge in [-0.05, 0) is 0 Å². The van der Waals surface area contributed by atoms with E-state index in [0.717, 1.165) is 24.3 Å². The Kier molecular flexibility index (Phi) is 6.33. The molecule has 0 unspecified atom stereocenters. The molecule has 22 heavy (non-hydrogen) atoms. The van der Waals surface area contributed by atoms with Gasteiger partial charge in [-0.3, -0.25) is 9.69 Å². The van der Waals surface area contributed by atoms with Gasteiger partial charge in [0.1, 0.15) is 0 Å². The second-order valence-electron chi connectivity index (χ2n) is 4.84. The number of hydrogen-bond acceptors (Lipinski definition) is 5. The van der Waals surface area contributed by atoms with E-state index in [1.165, 1.54) is 11.3 Å². The van der Waals surface area contributed by atoms with Gasteiger partial charge in [0.15, 0.2) is 5.13 Å². The number of nitrogens with one attached hydrogen (secondary N) is 1. The fourth-order valence-corrected chi connectivity index (χ4v) is 2.93. The zero-order valence-corrected chi connectivity index (χ0v) is 13.7. The van der Waals surface area contributed by atoms with Gasteiger partial charge in [-0.1, -0.05) is 30.3 Å². The van der Waals surface area contributed by atoms with Gasteiger partial charge >= 0.3 is 0 Å². The van der Waals surface area contributed by atoms with Crippen molar-refractivity contribution in [2.45, 2.75) is 0 Å². The maximum Gasteiger partial charge on any atom is 0.240 e. The van der Waals surface area contributed by atoms with Gasteiger partial charge in [0, 0.05) is 24.0 Å². The van der Waals surface area contributed by atoms with Crippen LogP contribution < -0.4 is 5.32 Å². The number of anilines is 1. The van der Waals surface area contributed by atoms with Gasteiger partial charge in [0.05, 0.1) is 25.5 Å². The Bertz CT molecular complexity index is 600. The van der Waals surface area contributed by atoms with E-state index in [9.17, 15) is 4.79 Å². The first-order chi connectivity index (χ1) is 10.3. The molecule has 0 radical (unpaired) electrons. The molecule has 1 aliphatic heterocycles. The number of aromatic nitrogens is 1. The van der Waals surface area contributed by atoms with Crippen LogP contribution in [0, 0.1) is 0 Å². The number of ether oxygens (including phenoxy) is 1. The summed E-state index contributed by atoms with van der Waals surface area (Å²) in [5.74, 6) is -0.0224. The molecule has 1 N–H and O–H groups in total. The average molecular weight is 340 g/mol. The maximum absolute atomic E-state index is 12.0. The van der Waals surface area contributed by atoms with Crippen molar-refractivity contribution in [1.29, 1.82) is 0 Å². The second-order valence-corrected chi connectivity index (χ2v) is 5.70. The summed E-state index contributed by atoms with van der Waals surface area (Å²) >= 11 is 1.45. The van der Waals surface area contributed by atoms with E-state index in [0.29, 0.717) is 24.9 Å². The van der Waals surface area contributed by atoms with Crippen molar-refractivity contribution in [3.63, 3.8) is 0 Å². The van der Waals surface area contributed by atoms with Gasteiger partial charge in [0.25, 0.3) is 0 Å². The fourth-order valence-electron chi connectivity index (χ4n) is 2.19. The summed E-state index contributed by atoms with van der Waals surface area (Å²) in [6, 6.07) is 9.94. The molecule has 1 saturated heterocycles. The number of morpholine rings is 1. The Morgan fingerprint density at radius 3 is 2.73 bits per heavy atom. The van der Waals surface area contributed by atoms with Gasteiger partial charge in [0.2, 0.25) is 5.91 Å². The lowest BCUT2D eigenvalue weighted by atomic mass is 10.2. The van der Waals surface area contributed by atoms with E-state index in [1.807, 2.05) is 35.7 Å². The van der Waals surface area contributed by atoms with Crippen molar-refractivity contribution < 1.29 is 9.53 Å². The Balaban J connectivity index is 0.00000176. The number of nitrogens with zero attached hydrogens (tertiary/aromatic N) is 2. The van der Waals surface area contributed by atoms with E-state index in [2.05, 4.69) is 15.2 Å². The first kappa shape index (κ1) is 16.9. The van der Waals surface area contributed by atoms with Gasteiger partial charge in [-0.15, -0.1) is 23.7 Å². The van der Waals surface area contributed by atoms with Gasteiger partial charge in [-0.25, -0.2) is 4.98 Å². The van der Waals surface area contributed by atoms with Crippen LogP contribution in [-0.4, -0.2) is 48.6 Å². The average Bonchev–Trinajstić information content (AvgIpc) is 2.97. The predicted octanol–water partition coefficient (Wildman–Crippen LogP) is 2.50. The topological polar surface area (TPSA) is 54.5 Å². The van der Waals surface area contributed by atoms with Crippen LogP contribution in [0.2, 0.25) is 0 Å². The molecule has 0 bridgehead atoms. The summed E-state index contributed by atoms with van der Waals surface area (Å²) in [4.78, 5) is 18.5. The number of amides is 1. The first-order valence-corrected chi connectivity index (χ1v) is 7.80. The second kappa shape index (κ2) is 8.24. The third-order valence-corrected chi connectivity index (χ3v) is 4.05. The molecule has 0 spiro atoms. The van der Waals surface area contributed by atoms with Crippen molar-refractivity contribution in [1.82, 2.24) is 9.88 Å². The number of rotatable bonds is 4. The summed E-state index contributed by atoms with van der Waals surface area (Å²) in [5.41, 5.74) is 1.95. The van der Waals surface area contributed by atoms with Crippen LogP contribution >= 0.6 is 23.7 Å². The number of hydrogen-bond donors (Lipinski definition) is 1. The number of thiazole rings is 1. The molecule has 5 nitrogen and oxygen atoms in total. The molecule has 7 heteroatoms. The fraction of sp³-hybridized carbons (Fsp3) is 0.333. The van der Waals surface area contributed by atoms with Crippen LogP contribution in [0.5, 0.6) is 0 Å². The van der Waals surface area contributed by atoms with E-state index in [4.69, 9.17) is 4.74 Å². The number of carbonyl (C=O) groups is 1. The molecule has 0 atom stereocenters. The van der Waals surface area contributed by atoms with Crippen molar-refractivity contribution in [3.05, 3.63) is 35.7 Å². The molecule has 1 fully saturated rings. The Morgan fingerprint density at radius 1 is 1.27 bits per heavy atom. The highest BCUT2D eigenvalue weighted by atomic mass is 35.5. The summed E-state index contributed by atoms with van der Waals surface area (Å²) in [6.07, 6.45) is 0. The number of halogens is 1. The van der Waals surface area contributed by atoms with Crippen LogP contribution in [0.3, 0.4) is 0 Å². The Hall–Kier alpha value is -1.47. The normalized spacial score (nSPS) is 15.1. The number of benzene rings is 1. The Labute approximate surface area is 139 Å². The van der Waals surface area contributed by atoms with Crippen LogP contribution in [-0.2, 0) is 9.53 Å². The minimum atomic E-state index is -0.0224. The molecule has 3 rings (SSSR count). The zero-order valence-electron chi connectivity index (χ0n) is 12.0. The molecule has 1 aromatic heterocycles. The van der Waals surface area contributed by atoms with Crippen molar-refractivity contribution in [3.8, 4) is 11.3 Å². The molecule has 2 heterocycles. The van der Waals surface area contributed by atoms with E-state index in [-0.39, 0.29) is 18.3 Å². The van der Waals surface area contributed by atoms with Crippen molar-refractivity contribution >= 4 is 34.8 Å². The molecule has 0 aliphatic carbocycles. The molecule has 118 valence electrons. The molecule has 0 saturated carbocycles. The van der Waals surface area contributed by atoms with Crippen LogP contribution in [0.1, 0.15) is 0 Å². The highest BCUT2D eigenvalue weighted by Crippen LogP contribution is 2.24. The highest BCUT2D eigenvalue weighted by Gasteiger charge is 2.15. The van der Waals surface area contributed by atoms with E-state index < -0.39 is 0 Å². The SMILES string of the molecule is Cl.O=C(CN1CCOCC1)Nc1nc(-c2ccccc2)cs1. The van der Waals surface area contributed by atoms with Crippen LogP contribution in [0.25, 0.3) is 11.3 Å².